The third-order valence-corrected chi connectivity index (χ3v) is 5.15. The average Bonchev–Trinajstić information content (AvgIpc) is 3.14. The van der Waals surface area contributed by atoms with Crippen molar-refractivity contribution >= 4 is 22.9 Å². The number of anilines is 1. The Balaban J connectivity index is 1.82. The van der Waals surface area contributed by atoms with Gasteiger partial charge in [-0.1, -0.05) is 24.1 Å². The number of nitrogens with one attached hydrogen (secondary N) is 1. The number of fused-ring (bicyclic) bond motifs is 1. The van der Waals surface area contributed by atoms with Crippen LogP contribution >= 0.6 is 0 Å². The molecule has 1 aliphatic heterocycles. The van der Waals surface area contributed by atoms with Gasteiger partial charge in [0, 0.05) is 31.7 Å². The molecule has 1 aromatic carbocycles. The highest BCUT2D eigenvalue weighted by Crippen LogP contribution is 2.20. The Morgan fingerprint density at radius 3 is 2.77 bits per heavy atom. The van der Waals surface area contributed by atoms with Crippen molar-refractivity contribution in [1.82, 2.24) is 24.6 Å². The average molecular weight is 405 g/mol. The van der Waals surface area contributed by atoms with Crippen LogP contribution in [0, 0.1) is 11.8 Å². The minimum absolute atomic E-state index is 0.140. The van der Waals surface area contributed by atoms with E-state index in [1.165, 1.54) is 4.68 Å². The number of benzene rings is 1. The first-order valence-electron chi connectivity index (χ1n) is 9.79. The van der Waals surface area contributed by atoms with Gasteiger partial charge in [-0.25, -0.2) is 9.67 Å². The molecule has 9 heteroatoms. The van der Waals surface area contributed by atoms with Crippen molar-refractivity contribution in [2.45, 2.75) is 20.0 Å². The van der Waals surface area contributed by atoms with Gasteiger partial charge in [-0.15, -0.1) is 5.92 Å². The van der Waals surface area contributed by atoms with Crippen LogP contribution < -0.4 is 21.5 Å². The van der Waals surface area contributed by atoms with Gasteiger partial charge in [0.15, 0.2) is 0 Å². The maximum Gasteiger partial charge on any atom is 0.293 e. The predicted molar refractivity (Wildman–Crippen MR) is 114 cm³/mol. The summed E-state index contributed by atoms with van der Waals surface area (Å²) in [5, 5.41) is 7.61. The third kappa shape index (κ3) is 3.65. The molecule has 1 fully saturated rings. The quantitative estimate of drug-likeness (QED) is 0.586. The molecule has 1 amide bonds. The van der Waals surface area contributed by atoms with Crippen molar-refractivity contribution in [1.29, 1.82) is 0 Å². The van der Waals surface area contributed by atoms with Crippen LogP contribution in [-0.2, 0) is 13.1 Å². The fraction of sp³-hybridized carbons (Fsp3) is 0.333. The highest BCUT2D eigenvalue weighted by atomic mass is 16.1. The second-order valence-corrected chi connectivity index (χ2v) is 7.02. The molecule has 2 aromatic heterocycles. The number of primary amides is 1. The Morgan fingerprint density at radius 1 is 1.27 bits per heavy atom. The predicted octanol–water partition coefficient (Wildman–Crippen LogP) is 0.173. The van der Waals surface area contributed by atoms with Crippen molar-refractivity contribution in [3.63, 3.8) is 0 Å². The second-order valence-electron chi connectivity index (χ2n) is 7.02. The molecule has 0 aliphatic carbocycles. The summed E-state index contributed by atoms with van der Waals surface area (Å²) in [5.74, 6) is 6.12. The molecule has 1 saturated heterocycles. The molecule has 0 spiro atoms. The van der Waals surface area contributed by atoms with E-state index in [1.54, 1.807) is 37.4 Å². The van der Waals surface area contributed by atoms with Crippen LogP contribution in [0.15, 0.2) is 35.3 Å². The lowest BCUT2D eigenvalue weighted by molar-refractivity contribution is 0.0999. The SMILES string of the molecule is CC#CCn1c(N2CCNCC2)nc2cnn(Cc3ccccc3C(N)=O)c(=O)c21. The second kappa shape index (κ2) is 8.39. The number of nitrogens with zero attached hydrogens (tertiary/aromatic N) is 5. The minimum atomic E-state index is -0.538. The zero-order valence-corrected chi connectivity index (χ0v) is 16.8. The van der Waals surface area contributed by atoms with Gasteiger partial charge in [0.05, 0.1) is 19.3 Å². The summed E-state index contributed by atoms with van der Waals surface area (Å²) in [6.07, 6.45) is 1.59. The number of nitrogens with two attached hydrogens (primary N) is 1. The number of imidazole rings is 1. The summed E-state index contributed by atoms with van der Waals surface area (Å²) >= 11 is 0. The highest BCUT2D eigenvalue weighted by Gasteiger charge is 2.22. The van der Waals surface area contributed by atoms with Crippen LogP contribution in [0.2, 0.25) is 0 Å². The first-order valence-corrected chi connectivity index (χ1v) is 9.79. The van der Waals surface area contributed by atoms with E-state index in [0.29, 0.717) is 28.7 Å². The molecule has 0 bridgehead atoms. The summed E-state index contributed by atoms with van der Waals surface area (Å²) in [4.78, 5) is 31.9. The highest BCUT2D eigenvalue weighted by molar-refractivity contribution is 5.94. The zero-order chi connectivity index (χ0) is 21.1. The van der Waals surface area contributed by atoms with E-state index >= 15 is 0 Å². The first kappa shape index (κ1) is 19.7. The molecule has 0 radical (unpaired) electrons. The lowest BCUT2D eigenvalue weighted by atomic mass is 10.1. The number of amides is 1. The summed E-state index contributed by atoms with van der Waals surface area (Å²) in [5.41, 5.74) is 7.20. The van der Waals surface area contributed by atoms with Crippen LogP contribution in [0.4, 0.5) is 5.95 Å². The van der Waals surface area contributed by atoms with Gasteiger partial charge in [-0.2, -0.15) is 5.10 Å². The molecule has 0 atom stereocenters. The maximum atomic E-state index is 13.3. The fourth-order valence-corrected chi connectivity index (χ4v) is 3.66. The Morgan fingerprint density at radius 2 is 2.03 bits per heavy atom. The molecule has 0 unspecified atom stereocenters. The van der Waals surface area contributed by atoms with Crippen LogP contribution in [0.1, 0.15) is 22.8 Å². The third-order valence-electron chi connectivity index (χ3n) is 5.15. The van der Waals surface area contributed by atoms with Crippen LogP contribution in [-0.4, -0.2) is 51.4 Å². The standard InChI is InChI=1S/C21H23N7O2/c1-2-3-10-27-18-17(25-21(27)26-11-8-23-9-12-26)13-24-28(20(18)30)14-15-6-4-5-7-16(15)19(22)29/h4-7,13,23H,8-12,14H2,1H3,(H2,22,29). The van der Waals surface area contributed by atoms with Crippen LogP contribution in [0.5, 0.6) is 0 Å². The van der Waals surface area contributed by atoms with E-state index in [2.05, 4.69) is 32.1 Å². The van der Waals surface area contributed by atoms with Gasteiger partial charge in [-0.3, -0.25) is 14.2 Å². The smallest absolute Gasteiger partial charge is 0.293 e. The van der Waals surface area contributed by atoms with E-state index in [4.69, 9.17) is 5.73 Å². The van der Waals surface area contributed by atoms with Gasteiger partial charge >= 0.3 is 0 Å². The lowest BCUT2D eigenvalue weighted by Gasteiger charge is -2.28. The molecule has 9 nitrogen and oxygen atoms in total. The topological polar surface area (TPSA) is 111 Å². The monoisotopic (exact) mass is 405 g/mol. The molecule has 1 aliphatic rings. The molecule has 3 N–H and O–H groups in total. The summed E-state index contributed by atoms with van der Waals surface area (Å²) < 4.78 is 3.20. The largest absolute Gasteiger partial charge is 0.366 e. The van der Waals surface area contributed by atoms with E-state index in [1.807, 2.05) is 4.57 Å². The molecule has 3 heterocycles. The van der Waals surface area contributed by atoms with Gasteiger partial charge in [0.25, 0.3) is 5.56 Å². The number of aromatic nitrogens is 4. The minimum Gasteiger partial charge on any atom is -0.366 e. The molecule has 4 rings (SSSR count). The summed E-state index contributed by atoms with van der Waals surface area (Å²) in [7, 11) is 0. The number of hydrogen-bond acceptors (Lipinski definition) is 6. The first-order chi connectivity index (χ1) is 14.6. The van der Waals surface area contributed by atoms with Crippen molar-refractivity contribution < 1.29 is 4.79 Å². The van der Waals surface area contributed by atoms with Crippen LogP contribution in [0.25, 0.3) is 11.0 Å². The van der Waals surface area contributed by atoms with E-state index in [9.17, 15) is 9.59 Å². The van der Waals surface area contributed by atoms with E-state index in [-0.39, 0.29) is 12.1 Å². The van der Waals surface area contributed by atoms with Gasteiger partial charge < -0.3 is 16.0 Å². The summed E-state index contributed by atoms with van der Waals surface area (Å²) in [6, 6.07) is 6.95. The number of carbonyl (C=O) groups excluding carboxylic acids is 1. The normalized spacial score (nSPS) is 13.8. The Bertz CT molecular complexity index is 1210. The molecule has 0 saturated carbocycles. The molecule has 154 valence electrons. The summed E-state index contributed by atoms with van der Waals surface area (Å²) in [6.45, 7) is 5.59. The molecular weight excluding hydrogens is 382 g/mol. The fourth-order valence-electron chi connectivity index (χ4n) is 3.66. The Labute approximate surface area is 173 Å². The number of rotatable bonds is 5. The maximum absolute atomic E-state index is 13.3. The number of hydrogen-bond donors (Lipinski definition) is 2. The lowest BCUT2D eigenvalue weighted by Crippen LogP contribution is -2.44. The van der Waals surface area contributed by atoms with Gasteiger partial charge in [0.1, 0.15) is 11.0 Å². The van der Waals surface area contributed by atoms with E-state index in [0.717, 1.165) is 32.1 Å². The van der Waals surface area contributed by atoms with Gasteiger partial charge in [-0.05, 0) is 18.6 Å². The molecular formula is C21H23N7O2. The van der Waals surface area contributed by atoms with Crippen molar-refractivity contribution in [3.05, 3.63) is 51.9 Å². The van der Waals surface area contributed by atoms with Crippen molar-refractivity contribution in [2.24, 2.45) is 5.73 Å². The molecule has 3 aromatic rings. The van der Waals surface area contributed by atoms with Crippen molar-refractivity contribution in [2.75, 3.05) is 31.1 Å². The van der Waals surface area contributed by atoms with Crippen molar-refractivity contribution in [3.8, 4) is 11.8 Å². The number of carbonyl (C=O) groups is 1. The zero-order valence-electron chi connectivity index (χ0n) is 16.8. The van der Waals surface area contributed by atoms with Gasteiger partial charge in [0.2, 0.25) is 11.9 Å². The number of piperazine rings is 1. The molecule has 30 heavy (non-hydrogen) atoms. The van der Waals surface area contributed by atoms with Crippen LogP contribution in [0.3, 0.4) is 0 Å². The Kier molecular flexibility index (Phi) is 5.50. The Hall–Kier alpha value is -3.64. The van der Waals surface area contributed by atoms with E-state index < -0.39 is 5.91 Å².